The van der Waals surface area contributed by atoms with Gasteiger partial charge in [-0.2, -0.15) is 10.4 Å². The minimum atomic E-state index is 0.354. The number of benzene rings is 2. The third-order valence-corrected chi connectivity index (χ3v) is 6.32. The predicted molar refractivity (Wildman–Crippen MR) is 133 cm³/mol. The summed E-state index contributed by atoms with van der Waals surface area (Å²) in [6.45, 7) is 12.6. The summed E-state index contributed by atoms with van der Waals surface area (Å²) in [4.78, 5) is 6.91. The fourth-order valence-electron chi connectivity index (χ4n) is 4.44. The molecular formula is C26H32N6. The highest BCUT2D eigenvalue weighted by molar-refractivity contribution is 5.85. The molecule has 6 nitrogen and oxygen atoms in total. The van der Waals surface area contributed by atoms with Crippen molar-refractivity contribution in [2.45, 2.75) is 39.2 Å². The molecule has 6 heteroatoms. The summed E-state index contributed by atoms with van der Waals surface area (Å²) in [5.41, 5.74) is 4.64. The van der Waals surface area contributed by atoms with Crippen LogP contribution in [0.5, 0.6) is 0 Å². The van der Waals surface area contributed by atoms with Crippen LogP contribution >= 0.6 is 0 Å². The lowest BCUT2D eigenvalue weighted by atomic mass is 10.1. The van der Waals surface area contributed by atoms with Crippen molar-refractivity contribution >= 4 is 23.4 Å². The number of rotatable bonds is 7. The third-order valence-electron chi connectivity index (χ3n) is 6.32. The van der Waals surface area contributed by atoms with Crippen LogP contribution in [0.3, 0.4) is 0 Å². The fourth-order valence-corrected chi connectivity index (χ4v) is 4.44. The molecule has 2 heterocycles. The Kier molecular flexibility index (Phi) is 6.65. The number of hydrogen-bond acceptors (Lipinski definition) is 6. The highest BCUT2D eigenvalue weighted by atomic mass is 15.6. The van der Waals surface area contributed by atoms with E-state index in [4.69, 9.17) is 5.26 Å². The van der Waals surface area contributed by atoms with Crippen molar-refractivity contribution < 1.29 is 0 Å². The number of hydrazone groups is 1. The lowest BCUT2D eigenvalue weighted by Gasteiger charge is -2.37. The molecule has 1 unspecified atom stereocenters. The minimum Gasteiger partial charge on any atom is -0.368 e. The van der Waals surface area contributed by atoms with E-state index in [9.17, 15) is 0 Å². The molecular weight excluding hydrogens is 396 g/mol. The van der Waals surface area contributed by atoms with Crippen LogP contribution in [0.15, 0.2) is 66.0 Å². The first kappa shape index (κ1) is 21.8. The van der Waals surface area contributed by atoms with Gasteiger partial charge in [0.2, 0.25) is 0 Å². The Morgan fingerprint density at radius 1 is 0.938 bits per heavy atom. The van der Waals surface area contributed by atoms with E-state index in [2.05, 4.69) is 94.8 Å². The topological polar surface area (TPSA) is 49.1 Å². The molecule has 0 aliphatic carbocycles. The minimum absolute atomic E-state index is 0.354. The quantitative estimate of drug-likeness (QED) is 0.634. The van der Waals surface area contributed by atoms with Crippen LogP contribution in [0, 0.1) is 11.3 Å². The zero-order valence-corrected chi connectivity index (χ0v) is 19.1. The van der Waals surface area contributed by atoms with E-state index < -0.39 is 0 Å². The van der Waals surface area contributed by atoms with Gasteiger partial charge in [-0.25, -0.2) is 5.01 Å². The van der Waals surface area contributed by atoms with Crippen molar-refractivity contribution in [3.05, 3.63) is 66.5 Å². The zero-order chi connectivity index (χ0) is 22.5. The van der Waals surface area contributed by atoms with Crippen molar-refractivity contribution in [1.29, 1.82) is 5.26 Å². The SMILES string of the molecule is C=C1N(c2ccc(N3CCN(c4ccc(CC#N)cc4)CC3)cc2)C=NN1C(C)CCC. The molecule has 32 heavy (non-hydrogen) atoms. The van der Waals surface area contributed by atoms with E-state index in [1.807, 2.05) is 11.3 Å². The largest absolute Gasteiger partial charge is 0.368 e. The number of nitriles is 1. The Balaban J connectivity index is 1.34. The van der Waals surface area contributed by atoms with Gasteiger partial charge in [0.05, 0.1) is 18.5 Å². The Bertz CT molecular complexity index is 980. The van der Waals surface area contributed by atoms with Crippen molar-refractivity contribution in [2.24, 2.45) is 5.10 Å². The zero-order valence-electron chi connectivity index (χ0n) is 19.1. The van der Waals surface area contributed by atoms with Crippen LogP contribution in [0.25, 0.3) is 0 Å². The molecule has 2 aromatic rings. The average molecular weight is 429 g/mol. The van der Waals surface area contributed by atoms with E-state index in [1.165, 1.54) is 11.4 Å². The number of nitrogens with zero attached hydrogens (tertiary/aromatic N) is 6. The summed E-state index contributed by atoms with van der Waals surface area (Å²) in [5.74, 6) is 0.910. The molecule has 0 radical (unpaired) electrons. The highest BCUT2D eigenvalue weighted by Gasteiger charge is 2.25. The lowest BCUT2D eigenvalue weighted by molar-refractivity contribution is 0.278. The van der Waals surface area contributed by atoms with Gasteiger partial charge < -0.3 is 9.80 Å². The predicted octanol–water partition coefficient (Wildman–Crippen LogP) is 4.80. The monoisotopic (exact) mass is 428 g/mol. The molecule has 0 N–H and O–H groups in total. The number of piperazine rings is 1. The molecule has 0 spiro atoms. The second-order valence-corrected chi connectivity index (χ2v) is 8.49. The maximum absolute atomic E-state index is 8.84. The lowest BCUT2D eigenvalue weighted by Crippen LogP contribution is -2.46. The maximum Gasteiger partial charge on any atom is 0.128 e. The van der Waals surface area contributed by atoms with Crippen LogP contribution in [-0.4, -0.2) is 43.6 Å². The van der Waals surface area contributed by atoms with Gasteiger partial charge in [-0.15, -0.1) is 0 Å². The van der Waals surface area contributed by atoms with Crippen molar-refractivity contribution in [2.75, 3.05) is 40.9 Å². The number of hydrogen-bond donors (Lipinski definition) is 0. The van der Waals surface area contributed by atoms with Gasteiger partial charge in [-0.3, -0.25) is 4.90 Å². The van der Waals surface area contributed by atoms with Gasteiger partial charge in [0, 0.05) is 43.2 Å². The fraction of sp³-hybridized carbons (Fsp3) is 0.385. The van der Waals surface area contributed by atoms with Gasteiger partial charge in [-0.1, -0.05) is 32.1 Å². The van der Waals surface area contributed by atoms with Gasteiger partial charge in [0.15, 0.2) is 0 Å². The summed E-state index contributed by atoms with van der Waals surface area (Å²) in [6, 6.07) is 19.6. The van der Waals surface area contributed by atoms with Crippen LogP contribution in [0.1, 0.15) is 32.3 Å². The molecule has 1 saturated heterocycles. The molecule has 2 aliphatic heterocycles. The molecule has 166 valence electrons. The smallest absolute Gasteiger partial charge is 0.128 e. The second-order valence-electron chi connectivity index (χ2n) is 8.49. The summed E-state index contributed by atoms with van der Waals surface area (Å²) in [6.07, 6.45) is 4.56. The van der Waals surface area contributed by atoms with Crippen molar-refractivity contribution in [1.82, 2.24) is 5.01 Å². The van der Waals surface area contributed by atoms with Crippen LogP contribution in [0.4, 0.5) is 17.1 Å². The first-order chi connectivity index (χ1) is 15.6. The summed E-state index contributed by atoms with van der Waals surface area (Å²) in [7, 11) is 0. The molecule has 0 aromatic heterocycles. The normalized spacial score (nSPS) is 17.1. The summed E-state index contributed by atoms with van der Waals surface area (Å²) >= 11 is 0. The van der Waals surface area contributed by atoms with Gasteiger partial charge in [0.25, 0.3) is 0 Å². The van der Waals surface area contributed by atoms with Crippen molar-refractivity contribution in [3.63, 3.8) is 0 Å². The van der Waals surface area contributed by atoms with Gasteiger partial charge in [-0.05, 0) is 55.3 Å². The molecule has 2 aromatic carbocycles. The van der Waals surface area contributed by atoms with E-state index in [0.717, 1.165) is 56.1 Å². The molecule has 0 bridgehead atoms. The standard InChI is InChI=1S/C26H32N6/c1-4-5-21(2)32-22(3)31(20-28-32)26-12-10-25(11-13-26)30-18-16-29(17-19-30)24-8-6-23(7-9-24)14-15-27/h6-13,20-21H,3-5,14,16-19H2,1-2H3. The second kappa shape index (κ2) is 9.78. The highest BCUT2D eigenvalue weighted by Crippen LogP contribution is 2.29. The molecule has 0 amide bonds. The Hall–Kier alpha value is -3.46. The van der Waals surface area contributed by atoms with E-state index in [1.54, 1.807) is 0 Å². The molecule has 2 aliphatic rings. The van der Waals surface area contributed by atoms with E-state index >= 15 is 0 Å². The summed E-state index contributed by atoms with van der Waals surface area (Å²) < 4.78 is 0. The van der Waals surface area contributed by atoms with E-state index in [-0.39, 0.29) is 0 Å². The Morgan fingerprint density at radius 3 is 2.00 bits per heavy atom. The molecule has 1 fully saturated rings. The first-order valence-electron chi connectivity index (χ1n) is 11.5. The Morgan fingerprint density at radius 2 is 1.47 bits per heavy atom. The molecule has 1 atom stereocenters. The van der Waals surface area contributed by atoms with Crippen LogP contribution in [-0.2, 0) is 6.42 Å². The first-order valence-corrected chi connectivity index (χ1v) is 11.5. The number of anilines is 3. The van der Waals surface area contributed by atoms with Gasteiger partial charge in [0.1, 0.15) is 12.2 Å². The van der Waals surface area contributed by atoms with Gasteiger partial charge >= 0.3 is 0 Å². The van der Waals surface area contributed by atoms with Crippen LogP contribution in [0.2, 0.25) is 0 Å². The Labute approximate surface area is 191 Å². The van der Waals surface area contributed by atoms with Crippen LogP contribution < -0.4 is 14.7 Å². The average Bonchev–Trinajstić information content (AvgIpc) is 3.21. The maximum atomic E-state index is 8.84. The van der Waals surface area contributed by atoms with E-state index in [0.29, 0.717) is 12.5 Å². The summed E-state index contributed by atoms with van der Waals surface area (Å²) in [5, 5.41) is 15.4. The van der Waals surface area contributed by atoms with Crippen molar-refractivity contribution in [3.8, 4) is 6.07 Å². The molecule has 0 saturated carbocycles. The third kappa shape index (κ3) is 4.57. The molecule has 4 rings (SSSR count).